The summed E-state index contributed by atoms with van der Waals surface area (Å²) in [6, 6.07) is 11.2. The lowest BCUT2D eigenvalue weighted by Crippen LogP contribution is -2.04. The molecule has 0 bridgehead atoms. The molecule has 0 saturated heterocycles. The van der Waals surface area contributed by atoms with E-state index in [-0.39, 0.29) is 0 Å². The number of rotatable bonds is 1. The molecule has 3 rings (SSSR count). The number of hydrogen-bond donors (Lipinski definition) is 1. The first kappa shape index (κ1) is 10.1. The average molecular weight is 245 g/mol. The summed E-state index contributed by atoms with van der Waals surface area (Å²) in [5.74, 6) is 0.554. The van der Waals surface area contributed by atoms with Crippen molar-refractivity contribution in [3.63, 3.8) is 0 Å². The van der Waals surface area contributed by atoms with Gasteiger partial charge in [0.1, 0.15) is 5.15 Å². The highest BCUT2D eigenvalue weighted by Gasteiger charge is 2.09. The second kappa shape index (κ2) is 3.75. The molecule has 0 fully saturated rings. The SMILES string of the molecule is Nc1ccc(Cl)nc1-n1ncc2ccccc21. The van der Waals surface area contributed by atoms with E-state index in [9.17, 15) is 0 Å². The van der Waals surface area contributed by atoms with Crippen LogP contribution in [0.15, 0.2) is 42.6 Å². The molecule has 2 aromatic heterocycles. The molecule has 1 aromatic carbocycles. The van der Waals surface area contributed by atoms with Crippen LogP contribution in [0.25, 0.3) is 16.7 Å². The van der Waals surface area contributed by atoms with E-state index in [1.54, 1.807) is 23.0 Å². The molecular weight excluding hydrogens is 236 g/mol. The minimum absolute atomic E-state index is 0.397. The Morgan fingerprint density at radius 1 is 1.12 bits per heavy atom. The Hall–Kier alpha value is -2.07. The van der Waals surface area contributed by atoms with Crippen molar-refractivity contribution in [2.75, 3.05) is 5.73 Å². The minimum Gasteiger partial charge on any atom is -0.396 e. The number of fused-ring (bicyclic) bond motifs is 1. The fraction of sp³-hybridized carbons (Fsp3) is 0. The Bertz CT molecular complexity index is 690. The van der Waals surface area contributed by atoms with Crippen LogP contribution in [-0.4, -0.2) is 14.8 Å². The van der Waals surface area contributed by atoms with Crippen molar-refractivity contribution < 1.29 is 0 Å². The first-order valence-corrected chi connectivity index (χ1v) is 5.48. The highest BCUT2D eigenvalue weighted by molar-refractivity contribution is 6.29. The van der Waals surface area contributed by atoms with Gasteiger partial charge in [-0.25, -0.2) is 9.67 Å². The van der Waals surface area contributed by atoms with Gasteiger partial charge in [-0.2, -0.15) is 5.10 Å². The molecule has 0 atom stereocenters. The number of hydrogen-bond acceptors (Lipinski definition) is 3. The summed E-state index contributed by atoms with van der Waals surface area (Å²) in [6.07, 6.45) is 1.78. The molecule has 2 heterocycles. The third-order valence-corrected chi connectivity index (χ3v) is 2.76. The number of nitrogens with zero attached hydrogens (tertiary/aromatic N) is 3. The number of aromatic nitrogens is 3. The molecule has 4 nitrogen and oxygen atoms in total. The molecule has 0 aliphatic rings. The van der Waals surface area contributed by atoms with Gasteiger partial charge in [-0.05, 0) is 18.2 Å². The van der Waals surface area contributed by atoms with Gasteiger partial charge in [-0.15, -0.1) is 0 Å². The Morgan fingerprint density at radius 2 is 1.94 bits per heavy atom. The molecule has 84 valence electrons. The fourth-order valence-corrected chi connectivity index (χ4v) is 1.89. The highest BCUT2D eigenvalue weighted by atomic mass is 35.5. The molecule has 2 N–H and O–H groups in total. The summed E-state index contributed by atoms with van der Waals surface area (Å²) >= 11 is 5.88. The first-order chi connectivity index (χ1) is 8.25. The molecule has 0 aliphatic heterocycles. The van der Waals surface area contributed by atoms with E-state index >= 15 is 0 Å². The first-order valence-electron chi connectivity index (χ1n) is 5.11. The Labute approximate surface area is 103 Å². The highest BCUT2D eigenvalue weighted by Crippen LogP contribution is 2.22. The fourth-order valence-electron chi connectivity index (χ4n) is 1.75. The van der Waals surface area contributed by atoms with Gasteiger partial charge in [-0.1, -0.05) is 29.8 Å². The third kappa shape index (κ3) is 1.62. The van der Waals surface area contributed by atoms with E-state index in [0.29, 0.717) is 16.7 Å². The summed E-state index contributed by atoms with van der Waals surface area (Å²) in [4.78, 5) is 4.21. The summed E-state index contributed by atoms with van der Waals surface area (Å²) in [5, 5.41) is 5.72. The zero-order valence-corrected chi connectivity index (χ0v) is 9.59. The van der Waals surface area contributed by atoms with Gasteiger partial charge in [0.05, 0.1) is 17.4 Å². The molecule has 0 spiro atoms. The van der Waals surface area contributed by atoms with Gasteiger partial charge >= 0.3 is 0 Å². The number of nitrogen functional groups attached to an aromatic ring is 1. The van der Waals surface area contributed by atoms with Crippen LogP contribution in [0.4, 0.5) is 5.69 Å². The summed E-state index contributed by atoms with van der Waals surface area (Å²) < 4.78 is 1.69. The maximum atomic E-state index is 5.89. The normalized spacial score (nSPS) is 10.9. The molecule has 0 saturated carbocycles. The number of nitrogens with two attached hydrogens (primary N) is 1. The predicted molar refractivity (Wildman–Crippen MR) is 68.3 cm³/mol. The third-order valence-electron chi connectivity index (χ3n) is 2.55. The number of halogens is 1. The summed E-state index contributed by atoms with van der Waals surface area (Å²) in [5.41, 5.74) is 7.39. The van der Waals surface area contributed by atoms with E-state index in [4.69, 9.17) is 17.3 Å². The molecule has 5 heteroatoms. The lowest BCUT2D eigenvalue weighted by molar-refractivity contribution is 0.878. The number of pyridine rings is 1. The van der Waals surface area contributed by atoms with E-state index < -0.39 is 0 Å². The van der Waals surface area contributed by atoms with Crippen LogP contribution in [0.3, 0.4) is 0 Å². The van der Waals surface area contributed by atoms with Gasteiger partial charge in [0.2, 0.25) is 0 Å². The quantitative estimate of drug-likeness (QED) is 0.670. The van der Waals surface area contributed by atoms with Crippen LogP contribution in [0, 0.1) is 0 Å². The van der Waals surface area contributed by atoms with Gasteiger partial charge in [0, 0.05) is 5.39 Å². The maximum absolute atomic E-state index is 5.89. The van der Waals surface area contributed by atoms with Crippen molar-refractivity contribution in [2.45, 2.75) is 0 Å². The van der Waals surface area contributed by atoms with Gasteiger partial charge in [0.25, 0.3) is 0 Å². The molecule has 0 unspecified atom stereocenters. The van der Waals surface area contributed by atoms with Crippen LogP contribution < -0.4 is 5.73 Å². The average Bonchev–Trinajstić information content (AvgIpc) is 2.76. The Balaban J connectivity index is 2.31. The molecule has 0 amide bonds. The van der Waals surface area contributed by atoms with E-state index in [1.807, 2.05) is 24.3 Å². The minimum atomic E-state index is 0.397. The zero-order chi connectivity index (χ0) is 11.8. The van der Waals surface area contributed by atoms with Gasteiger partial charge in [0.15, 0.2) is 5.82 Å². The van der Waals surface area contributed by atoms with Crippen LogP contribution in [0.1, 0.15) is 0 Å². The van der Waals surface area contributed by atoms with E-state index in [0.717, 1.165) is 10.9 Å². The maximum Gasteiger partial charge on any atom is 0.178 e. The van der Waals surface area contributed by atoms with Gasteiger partial charge in [-0.3, -0.25) is 0 Å². The molecule has 0 radical (unpaired) electrons. The number of anilines is 1. The number of benzene rings is 1. The topological polar surface area (TPSA) is 56.7 Å². The summed E-state index contributed by atoms with van der Waals surface area (Å²) in [7, 11) is 0. The van der Waals surface area contributed by atoms with Crippen LogP contribution in [0.2, 0.25) is 5.15 Å². The van der Waals surface area contributed by atoms with E-state index in [1.165, 1.54) is 0 Å². The Kier molecular flexibility index (Phi) is 2.23. The van der Waals surface area contributed by atoms with Crippen LogP contribution >= 0.6 is 11.6 Å². The smallest absolute Gasteiger partial charge is 0.178 e. The van der Waals surface area contributed by atoms with Crippen molar-refractivity contribution in [3.8, 4) is 5.82 Å². The summed E-state index contributed by atoms with van der Waals surface area (Å²) in [6.45, 7) is 0. The van der Waals surface area contributed by atoms with Crippen molar-refractivity contribution in [1.29, 1.82) is 0 Å². The van der Waals surface area contributed by atoms with Crippen molar-refractivity contribution in [3.05, 3.63) is 47.7 Å². The molecule has 17 heavy (non-hydrogen) atoms. The van der Waals surface area contributed by atoms with Crippen LogP contribution in [-0.2, 0) is 0 Å². The monoisotopic (exact) mass is 244 g/mol. The lowest BCUT2D eigenvalue weighted by Gasteiger charge is -2.06. The molecule has 3 aromatic rings. The number of para-hydroxylation sites is 1. The van der Waals surface area contributed by atoms with Crippen molar-refractivity contribution in [2.24, 2.45) is 0 Å². The predicted octanol–water partition coefficient (Wildman–Crippen LogP) is 2.66. The van der Waals surface area contributed by atoms with Crippen molar-refractivity contribution in [1.82, 2.24) is 14.8 Å². The van der Waals surface area contributed by atoms with Crippen molar-refractivity contribution >= 4 is 28.2 Å². The zero-order valence-electron chi connectivity index (χ0n) is 8.84. The second-order valence-corrected chi connectivity index (χ2v) is 4.05. The largest absolute Gasteiger partial charge is 0.396 e. The standard InChI is InChI=1S/C12H9ClN4/c13-11-6-5-9(14)12(16-11)17-10-4-2-1-3-8(10)7-15-17/h1-7H,14H2. The second-order valence-electron chi connectivity index (χ2n) is 3.66. The van der Waals surface area contributed by atoms with Gasteiger partial charge < -0.3 is 5.73 Å². The van der Waals surface area contributed by atoms with Crippen LogP contribution in [0.5, 0.6) is 0 Å². The lowest BCUT2D eigenvalue weighted by atomic mass is 10.2. The molecule has 0 aliphatic carbocycles. The molecular formula is C12H9ClN4. The van der Waals surface area contributed by atoms with E-state index in [2.05, 4.69) is 10.1 Å². The Morgan fingerprint density at radius 3 is 2.82 bits per heavy atom.